The zero-order valence-corrected chi connectivity index (χ0v) is 11.7. The molecular weight excluding hydrogens is 299 g/mol. The molecule has 0 radical (unpaired) electrons. The van der Waals surface area contributed by atoms with Crippen molar-refractivity contribution in [3.8, 4) is 6.07 Å². The van der Waals surface area contributed by atoms with E-state index in [1.54, 1.807) is 6.92 Å². The van der Waals surface area contributed by atoms with E-state index in [0.29, 0.717) is 5.70 Å². The van der Waals surface area contributed by atoms with E-state index in [2.05, 4.69) is 10.8 Å². The molecule has 1 unspecified atom stereocenters. The smallest absolute Gasteiger partial charge is 0.323 e. The molecule has 0 saturated heterocycles. The Bertz CT molecular complexity index is 692. The minimum atomic E-state index is -4.68. The van der Waals surface area contributed by atoms with Crippen molar-refractivity contribution in [3.05, 3.63) is 41.1 Å². The average Bonchev–Trinajstić information content (AvgIpc) is 2.79. The first-order valence-corrected chi connectivity index (χ1v) is 6.22. The molecule has 1 aliphatic rings. The first-order chi connectivity index (χ1) is 10.2. The van der Waals surface area contributed by atoms with Gasteiger partial charge in [-0.05, 0) is 38.1 Å². The summed E-state index contributed by atoms with van der Waals surface area (Å²) in [6.45, 7) is 3.15. The number of nitrogens with one attached hydrogen (secondary N) is 2. The maximum atomic E-state index is 12.9. The zero-order chi connectivity index (χ0) is 16.5. The Kier molecular flexibility index (Phi) is 3.85. The number of hydrogen-bond acceptors (Lipinski definition) is 4. The first kappa shape index (κ1) is 15.9. The van der Waals surface area contributed by atoms with E-state index in [9.17, 15) is 18.0 Å². The third kappa shape index (κ3) is 3.04. The maximum Gasteiger partial charge on any atom is 0.417 e. The monoisotopic (exact) mass is 311 g/mol. The van der Waals surface area contributed by atoms with Gasteiger partial charge in [0.2, 0.25) is 0 Å². The van der Waals surface area contributed by atoms with Crippen LogP contribution < -0.4 is 10.8 Å². The molecule has 0 spiro atoms. The normalized spacial score (nSPS) is 20.8. The molecule has 1 aromatic rings. The predicted molar refractivity (Wildman–Crippen MR) is 71.2 cm³/mol. The Morgan fingerprint density at radius 1 is 1.45 bits per heavy atom. The van der Waals surface area contributed by atoms with E-state index >= 15 is 0 Å². The maximum absolute atomic E-state index is 12.9. The number of carbonyl (C=O) groups excluding carboxylic acids is 1. The second-order valence-corrected chi connectivity index (χ2v) is 4.96. The fourth-order valence-electron chi connectivity index (χ4n) is 1.98. The van der Waals surface area contributed by atoms with Gasteiger partial charge < -0.3 is 5.32 Å². The van der Waals surface area contributed by atoms with Gasteiger partial charge >= 0.3 is 6.18 Å². The molecule has 22 heavy (non-hydrogen) atoms. The lowest BCUT2D eigenvalue weighted by Gasteiger charge is -2.20. The number of anilines is 1. The minimum Gasteiger partial charge on any atom is -0.323 e. The van der Waals surface area contributed by atoms with Crippen LogP contribution in [0.5, 0.6) is 0 Å². The number of rotatable bonds is 2. The summed E-state index contributed by atoms with van der Waals surface area (Å²) in [5.74, 6) is -0.630. The molecule has 1 amide bonds. The summed E-state index contributed by atoms with van der Waals surface area (Å²) in [7, 11) is 0. The summed E-state index contributed by atoms with van der Waals surface area (Å²) in [5, 5.41) is 11.1. The molecule has 1 atom stereocenters. The first-order valence-electron chi connectivity index (χ1n) is 6.22. The number of nitriles is 1. The number of amides is 1. The molecule has 1 heterocycles. The van der Waals surface area contributed by atoms with Crippen LogP contribution in [0.2, 0.25) is 0 Å². The molecule has 0 aromatic heterocycles. The lowest BCUT2D eigenvalue weighted by atomic mass is 10.0. The van der Waals surface area contributed by atoms with Crippen LogP contribution in [0.3, 0.4) is 0 Å². The molecule has 0 bridgehead atoms. The molecule has 2 N–H and O–H groups in total. The lowest BCUT2D eigenvalue weighted by molar-refractivity contribution is -0.138. The van der Waals surface area contributed by atoms with Gasteiger partial charge in [0.1, 0.15) is 0 Å². The van der Waals surface area contributed by atoms with Gasteiger partial charge in [0, 0.05) is 11.4 Å². The van der Waals surface area contributed by atoms with E-state index in [0.717, 1.165) is 12.1 Å². The van der Waals surface area contributed by atoms with E-state index < -0.39 is 28.8 Å². The third-order valence-electron chi connectivity index (χ3n) is 3.07. The van der Waals surface area contributed by atoms with Gasteiger partial charge in [0.15, 0.2) is 5.60 Å². The quantitative estimate of drug-likeness (QED) is 0.880. The van der Waals surface area contributed by atoms with Crippen molar-refractivity contribution in [1.82, 2.24) is 5.48 Å². The van der Waals surface area contributed by atoms with E-state index in [1.165, 1.54) is 25.1 Å². The minimum absolute atomic E-state index is 0.0703. The molecule has 1 aliphatic heterocycles. The van der Waals surface area contributed by atoms with Gasteiger partial charge in [-0.3, -0.25) is 15.1 Å². The Hall–Kier alpha value is -2.53. The Balaban J connectivity index is 2.28. The largest absolute Gasteiger partial charge is 0.417 e. The van der Waals surface area contributed by atoms with Crippen molar-refractivity contribution in [1.29, 1.82) is 5.26 Å². The fourth-order valence-corrected chi connectivity index (χ4v) is 1.98. The summed E-state index contributed by atoms with van der Waals surface area (Å²) in [4.78, 5) is 17.2. The molecule has 0 fully saturated rings. The number of nitrogens with zero attached hydrogens (tertiary/aromatic N) is 1. The second kappa shape index (κ2) is 5.35. The summed E-state index contributed by atoms with van der Waals surface area (Å²) < 4.78 is 38.6. The highest BCUT2D eigenvalue weighted by molar-refractivity contribution is 5.99. The summed E-state index contributed by atoms with van der Waals surface area (Å²) in [6, 6.07) is 4.43. The summed E-state index contributed by atoms with van der Waals surface area (Å²) >= 11 is 0. The molecule has 8 heteroatoms. The van der Waals surface area contributed by atoms with Gasteiger partial charge in [-0.25, -0.2) is 0 Å². The van der Waals surface area contributed by atoms with Crippen LogP contribution in [0.4, 0.5) is 18.9 Å². The number of halogens is 3. The van der Waals surface area contributed by atoms with Crippen molar-refractivity contribution < 1.29 is 22.8 Å². The highest BCUT2D eigenvalue weighted by Gasteiger charge is 2.38. The number of alkyl halides is 3. The van der Waals surface area contributed by atoms with Gasteiger partial charge in [-0.15, -0.1) is 0 Å². The van der Waals surface area contributed by atoms with Crippen molar-refractivity contribution in [3.63, 3.8) is 0 Å². The molecule has 0 saturated carbocycles. The molecule has 2 rings (SSSR count). The van der Waals surface area contributed by atoms with Crippen LogP contribution in [0, 0.1) is 11.3 Å². The Morgan fingerprint density at radius 2 is 2.14 bits per heavy atom. The van der Waals surface area contributed by atoms with E-state index in [4.69, 9.17) is 10.1 Å². The predicted octanol–water partition coefficient (Wildman–Crippen LogP) is 2.71. The number of benzene rings is 1. The SMILES string of the molecule is CC1=CC(C)(C(=O)Nc2ccc(C#N)c(C(F)(F)F)c2)ON1. The van der Waals surface area contributed by atoms with Crippen LogP contribution in [0.1, 0.15) is 25.0 Å². The topological polar surface area (TPSA) is 74.2 Å². The van der Waals surface area contributed by atoms with E-state index in [-0.39, 0.29) is 5.69 Å². The highest BCUT2D eigenvalue weighted by atomic mass is 19.4. The van der Waals surface area contributed by atoms with Crippen molar-refractivity contribution in [2.24, 2.45) is 0 Å². The van der Waals surface area contributed by atoms with Crippen LogP contribution >= 0.6 is 0 Å². The van der Waals surface area contributed by atoms with Gasteiger partial charge in [0.25, 0.3) is 5.91 Å². The zero-order valence-electron chi connectivity index (χ0n) is 11.7. The standard InChI is InChI=1S/C14H12F3N3O2/c1-8-6-13(2,22-20-8)12(21)19-10-4-3-9(7-18)11(5-10)14(15,16)17/h3-6,20H,1-2H3,(H,19,21). The van der Waals surface area contributed by atoms with Crippen molar-refractivity contribution in [2.75, 3.05) is 5.32 Å². The Labute approximate surface area is 124 Å². The molecule has 116 valence electrons. The average molecular weight is 311 g/mol. The van der Waals surface area contributed by atoms with Gasteiger partial charge in [0.05, 0.1) is 17.2 Å². The summed E-state index contributed by atoms with van der Waals surface area (Å²) in [6.07, 6.45) is -3.17. The van der Waals surface area contributed by atoms with Crippen molar-refractivity contribution in [2.45, 2.75) is 25.6 Å². The molecule has 1 aromatic carbocycles. The fraction of sp³-hybridized carbons (Fsp3) is 0.286. The number of allylic oxidation sites excluding steroid dienone is 1. The number of carbonyl (C=O) groups is 1. The van der Waals surface area contributed by atoms with Crippen LogP contribution in [-0.4, -0.2) is 11.5 Å². The lowest BCUT2D eigenvalue weighted by Crippen LogP contribution is -2.40. The van der Waals surface area contributed by atoms with Gasteiger partial charge in [-0.1, -0.05) is 0 Å². The van der Waals surface area contributed by atoms with Crippen LogP contribution in [0.15, 0.2) is 30.0 Å². The van der Waals surface area contributed by atoms with Gasteiger partial charge in [-0.2, -0.15) is 18.4 Å². The molecular formula is C14H12F3N3O2. The molecule has 5 nitrogen and oxygen atoms in total. The van der Waals surface area contributed by atoms with Crippen LogP contribution in [-0.2, 0) is 15.8 Å². The highest BCUT2D eigenvalue weighted by Crippen LogP contribution is 2.34. The number of hydroxylamine groups is 1. The third-order valence-corrected chi connectivity index (χ3v) is 3.07. The second-order valence-electron chi connectivity index (χ2n) is 4.96. The van der Waals surface area contributed by atoms with Crippen LogP contribution in [0.25, 0.3) is 0 Å². The van der Waals surface area contributed by atoms with Crippen molar-refractivity contribution >= 4 is 11.6 Å². The number of hydrogen-bond donors (Lipinski definition) is 2. The Morgan fingerprint density at radius 3 is 2.64 bits per heavy atom. The molecule has 0 aliphatic carbocycles. The van der Waals surface area contributed by atoms with E-state index in [1.807, 2.05) is 0 Å². The summed E-state index contributed by atoms with van der Waals surface area (Å²) in [5.41, 5.74) is 0.124.